The van der Waals surface area contributed by atoms with E-state index < -0.39 is 17.6 Å². The zero-order valence-corrected chi connectivity index (χ0v) is 15.6. The van der Waals surface area contributed by atoms with Crippen molar-refractivity contribution in [2.75, 3.05) is 6.54 Å². The number of nitrogens with one attached hydrogen (secondary N) is 2. The second-order valence-corrected chi connectivity index (χ2v) is 6.47. The summed E-state index contributed by atoms with van der Waals surface area (Å²) in [5.41, 5.74) is 2.44. The number of hydrogen-bond acceptors (Lipinski definition) is 3. The van der Waals surface area contributed by atoms with Crippen LogP contribution in [-0.2, 0) is 4.79 Å². The molecule has 0 heterocycles. The second-order valence-electron chi connectivity index (χ2n) is 4.74. The Bertz CT molecular complexity index is 826. The second kappa shape index (κ2) is 8.94. The molecule has 0 aliphatic rings. The van der Waals surface area contributed by atoms with E-state index >= 15 is 0 Å². The summed E-state index contributed by atoms with van der Waals surface area (Å²) in [4.78, 5) is 23.7. The third-order valence-electron chi connectivity index (χ3n) is 2.97. The van der Waals surface area contributed by atoms with Gasteiger partial charge in [-0.1, -0.05) is 45.2 Å². The van der Waals surface area contributed by atoms with E-state index in [2.05, 4.69) is 31.8 Å². The molecule has 2 amide bonds. The average Bonchev–Trinajstić information content (AvgIpc) is 2.57. The van der Waals surface area contributed by atoms with Crippen molar-refractivity contribution in [2.45, 2.75) is 0 Å². The maximum atomic E-state index is 13.5. The molecule has 5 nitrogen and oxygen atoms in total. The van der Waals surface area contributed by atoms with Gasteiger partial charge in [-0.25, -0.2) is 9.82 Å². The Kier molecular flexibility index (Phi) is 6.92. The van der Waals surface area contributed by atoms with E-state index in [1.54, 1.807) is 12.1 Å². The van der Waals surface area contributed by atoms with Crippen molar-refractivity contribution < 1.29 is 14.0 Å². The Balaban J connectivity index is 1.89. The van der Waals surface area contributed by atoms with E-state index in [0.717, 1.165) is 6.21 Å². The van der Waals surface area contributed by atoms with Crippen molar-refractivity contribution in [3.8, 4) is 0 Å². The van der Waals surface area contributed by atoms with Gasteiger partial charge in [0.2, 0.25) is 0 Å². The van der Waals surface area contributed by atoms with Crippen LogP contribution in [0.25, 0.3) is 0 Å². The molecule has 0 atom stereocenters. The number of amides is 2. The Labute approximate surface area is 161 Å². The normalized spacial score (nSPS) is 10.7. The van der Waals surface area contributed by atoms with Gasteiger partial charge in [-0.15, -0.1) is 0 Å². The van der Waals surface area contributed by atoms with Crippen LogP contribution in [0.1, 0.15) is 15.9 Å². The number of hydrogen-bond donors (Lipinski definition) is 2. The molecular formula is C16H11BrCl2FN3O2. The summed E-state index contributed by atoms with van der Waals surface area (Å²) in [5.74, 6) is -1.67. The molecular weight excluding hydrogens is 436 g/mol. The first-order chi connectivity index (χ1) is 11.9. The molecule has 0 saturated carbocycles. The Hall–Kier alpha value is -1.96. The van der Waals surface area contributed by atoms with Crippen molar-refractivity contribution in [1.82, 2.24) is 10.7 Å². The van der Waals surface area contributed by atoms with Gasteiger partial charge in [0.15, 0.2) is 0 Å². The molecule has 0 unspecified atom stereocenters. The number of halogens is 4. The maximum Gasteiger partial charge on any atom is 0.259 e. The molecule has 2 aromatic rings. The number of rotatable bonds is 5. The summed E-state index contributed by atoms with van der Waals surface area (Å²) >= 11 is 15.0. The summed E-state index contributed by atoms with van der Waals surface area (Å²) in [7, 11) is 0. The fraction of sp³-hybridized carbons (Fsp3) is 0.0625. The molecule has 0 radical (unpaired) electrons. The van der Waals surface area contributed by atoms with Gasteiger partial charge < -0.3 is 5.32 Å². The Morgan fingerprint density at radius 3 is 2.68 bits per heavy atom. The van der Waals surface area contributed by atoms with Crippen LogP contribution in [0.15, 0.2) is 46.0 Å². The first-order valence-corrected chi connectivity index (χ1v) is 8.42. The number of benzene rings is 2. The number of nitrogens with zero attached hydrogens (tertiary/aromatic N) is 1. The monoisotopic (exact) mass is 445 g/mol. The quantitative estimate of drug-likeness (QED) is 0.542. The van der Waals surface area contributed by atoms with E-state index in [0.29, 0.717) is 4.47 Å². The van der Waals surface area contributed by atoms with Crippen LogP contribution in [0.2, 0.25) is 10.0 Å². The fourth-order valence-electron chi connectivity index (χ4n) is 1.77. The van der Waals surface area contributed by atoms with Crippen LogP contribution in [0.5, 0.6) is 0 Å². The minimum Gasteiger partial charge on any atom is -0.343 e. The topological polar surface area (TPSA) is 70.6 Å². The molecule has 0 fully saturated rings. The van der Waals surface area contributed by atoms with Gasteiger partial charge in [-0.3, -0.25) is 9.59 Å². The highest BCUT2D eigenvalue weighted by molar-refractivity contribution is 9.10. The molecule has 9 heteroatoms. The van der Waals surface area contributed by atoms with Gasteiger partial charge in [0.25, 0.3) is 11.8 Å². The van der Waals surface area contributed by atoms with Crippen molar-refractivity contribution >= 4 is 57.2 Å². The molecule has 0 spiro atoms. The smallest absolute Gasteiger partial charge is 0.259 e. The van der Waals surface area contributed by atoms with E-state index in [9.17, 15) is 14.0 Å². The molecule has 0 aromatic heterocycles. The fourth-order valence-corrected chi connectivity index (χ4v) is 2.55. The third kappa shape index (κ3) is 5.52. The van der Waals surface area contributed by atoms with E-state index in [4.69, 9.17) is 23.2 Å². The highest BCUT2D eigenvalue weighted by atomic mass is 79.9. The number of carbonyl (C=O) groups is 2. The van der Waals surface area contributed by atoms with Gasteiger partial charge in [0.05, 0.1) is 28.4 Å². The van der Waals surface area contributed by atoms with Crippen molar-refractivity contribution in [2.24, 2.45) is 5.10 Å². The van der Waals surface area contributed by atoms with Gasteiger partial charge in [-0.05, 0) is 30.3 Å². The largest absolute Gasteiger partial charge is 0.343 e. The van der Waals surface area contributed by atoms with Crippen molar-refractivity contribution in [3.63, 3.8) is 0 Å². The lowest BCUT2D eigenvalue weighted by Crippen LogP contribution is -2.35. The molecule has 0 saturated heterocycles. The van der Waals surface area contributed by atoms with Crippen LogP contribution in [0, 0.1) is 5.82 Å². The Morgan fingerprint density at radius 2 is 1.96 bits per heavy atom. The summed E-state index contributed by atoms with van der Waals surface area (Å²) in [6, 6.07) is 8.95. The standard InChI is InChI=1S/C16H11BrCl2FN3O2/c17-9-4-5-13(19)10(6-9)16(25)21-8-15(24)23-22-7-11-12(18)2-1-3-14(11)20/h1-7H,8H2,(H,21,25)(H,23,24)/b22-7+. The third-order valence-corrected chi connectivity index (χ3v) is 4.12. The average molecular weight is 447 g/mol. The predicted octanol–water partition coefficient (Wildman–Crippen LogP) is 3.78. The van der Waals surface area contributed by atoms with Crippen LogP contribution in [0.4, 0.5) is 4.39 Å². The first-order valence-electron chi connectivity index (χ1n) is 6.87. The molecule has 2 aromatic carbocycles. The van der Waals surface area contributed by atoms with Gasteiger partial charge >= 0.3 is 0 Å². The van der Waals surface area contributed by atoms with Crippen molar-refractivity contribution in [3.05, 3.63) is 67.9 Å². The summed E-state index contributed by atoms with van der Waals surface area (Å²) in [6.07, 6.45) is 1.09. The van der Waals surface area contributed by atoms with Crippen LogP contribution in [0.3, 0.4) is 0 Å². The summed E-state index contributed by atoms with van der Waals surface area (Å²) in [6.45, 7) is -0.329. The lowest BCUT2D eigenvalue weighted by Gasteiger charge is -2.06. The number of carbonyl (C=O) groups excluding carboxylic acids is 2. The highest BCUT2D eigenvalue weighted by Gasteiger charge is 2.12. The maximum absolute atomic E-state index is 13.5. The Morgan fingerprint density at radius 1 is 1.20 bits per heavy atom. The molecule has 0 aliphatic carbocycles. The first kappa shape index (κ1) is 19.4. The lowest BCUT2D eigenvalue weighted by atomic mass is 10.2. The van der Waals surface area contributed by atoms with Crippen LogP contribution >= 0.6 is 39.1 Å². The zero-order valence-electron chi connectivity index (χ0n) is 12.5. The van der Waals surface area contributed by atoms with Crippen molar-refractivity contribution in [1.29, 1.82) is 0 Å². The van der Waals surface area contributed by atoms with E-state index in [1.807, 2.05) is 0 Å². The van der Waals surface area contributed by atoms with Crippen LogP contribution < -0.4 is 10.7 Å². The molecule has 2 N–H and O–H groups in total. The zero-order chi connectivity index (χ0) is 18.4. The van der Waals surface area contributed by atoms with Gasteiger partial charge in [-0.2, -0.15) is 5.10 Å². The number of hydrazone groups is 1. The molecule has 0 aliphatic heterocycles. The highest BCUT2D eigenvalue weighted by Crippen LogP contribution is 2.20. The summed E-state index contributed by atoms with van der Waals surface area (Å²) in [5, 5.41) is 6.44. The van der Waals surface area contributed by atoms with Gasteiger partial charge in [0.1, 0.15) is 5.82 Å². The summed E-state index contributed by atoms with van der Waals surface area (Å²) < 4.78 is 14.2. The predicted molar refractivity (Wildman–Crippen MR) is 98.6 cm³/mol. The molecule has 2 rings (SSSR count). The van der Waals surface area contributed by atoms with E-state index in [1.165, 1.54) is 24.3 Å². The molecule has 25 heavy (non-hydrogen) atoms. The minimum atomic E-state index is -0.594. The lowest BCUT2D eigenvalue weighted by molar-refractivity contribution is -0.120. The molecule has 0 bridgehead atoms. The van der Waals surface area contributed by atoms with Gasteiger partial charge in [0, 0.05) is 10.0 Å². The SMILES string of the molecule is O=C(CNC(=O)c1cc(Br)ccc1Cl)N/N=C/c1c(F)cccc1Cl. The molecule has 130 valence electrons. The minimum absolute atomic E-state index is 0.0504. The van der Waals surface area contributed by atoms with Crippen LogP contribution in [-0.4, -0.2) is 24.6 Å². The van der Waals surface area contributed by atoms with E-state index in [-0.39, 0.29) is 27.7 Å².